The second-order valence-corrected chi connectivity index (χ2v) is 5.32. The number of rotatable bonds is 5. The number of halogens is 1. The van der Waals surface area contributed by atoms with Crippen LogP contribution in [0.15, 0.2) is 29.1 Å². The van der Waals surface area contributed by atoms with Crippen molar-refractivity contribution < 1.29 is 9.47 Å². The smallest absolute Gasteiger partial charge is 0.264 e. The Morgan fingerprint density at radius 3 is 2.40 bits per heavy atom. The van der Waals surface area contributed by atoms with E-state index >= 15 is 0 Å². The predicted octanol–water partition coefficient (Wildman–Crippen LogP) is 2.33. The maximum atomic E-state index is 11.9. The summed E-state index contributed by atoms with van der Waals surface area (Å²) < 4.78 is 10.7. The summed E-state index contributed by atoms with van der Waals surface area (Å²) in [4.78, 5) is 19.1. The molecular formula is C14H15IN2O3. The van der Waals surface area contributed by atoms with Gasteiger partial charge in [0.25, 0.3) is 5.56 Å². The van der Waals surface area contributed by atoms with Crippen LogP contribution in [0.25, 0.3) is 11.4 Å². The zero-order valence-electron chi connectivity index (χ0n) is 11.3. The van der Waals surface area contributed by atoms with Crippen molar-refractivity contribution in [2.24, 2.45) is 0 Å². The van der Waals surface area contributed by atoms with Crippen molar-refractivity contribution in [1.82, 2.24) is 9.97 Å². The first-order chi connectivity index (χ1) is 9.65. The zero-order chi connectivity index (χ0) is 14.5. The first-order valence-corrected chi connectivity index (χ1v) is 7.09. The zero-order valence-corrected chi connectivity index (χ0v) is 13.4. The Kier molecular flexibility index (Phi) is 5.27. The van der Waals surface area contributed by atoms with Gasteiger partial charge in [0.15, 0.2) is 0 Å². The molecule has 0 aliphatic carbocycles. The van der Waals surface area contributed by atoms with Gasteiger partial charge >= 0.3 is 0 Å². The number of H-pyrrole nitrogens is 1. The summed E-state index contributed by atoms with van der Waals surface area (Å²) in [5.41, 5.74) is 2.42. The van der Waals surface area contributed by atoms with Gasteiger partial charge < -0.3 is 14.5 Å². The number of nitrogens with one attached hydrogen (secondary N) is 1. The predicted molar refractivity (Wildman–Crippen MR) is 84.4 cm³/mol. The monoisotopic (exact) mass is 386 g/mol. The molecule has 0 amide bonds. The van der Waals surface area contributed by atoms with E-state index in [1.807, 2.05) is 46.9 Å². The van der Waals surface area contributed by atoms with Gasteiger partial charge in [-0.2, -0.15) is 0 Å². The Morgan fingerprint density at radius 1 is 1.15 bits per heavy atom. The lowest BCUT2D eigenvalue weighted by molar-refractivity contribution is 0.180. The minimum atomic E-state index is -0.149. The van der Waals surface area contributed by atoms with Crippen molar-refractivity contribution in [3.05, 3.63) is 49.4 Å². The molecular weight excluding hydrogens is 371 g/mol. The van der Waals surface area contributed by atoms with E-state index in [-0.39, 0.29) is 5.56 Å². The fourth-order valence-corrected chi connectivity index (χ4v) is 2.21. The van der Waals surface area contributed by atoms with Gasteiger partial charge in [-0.3, -0.25) is 4.79 Å². The molecule has 6 heteroatoms. The van der Waals surface area contributed by atoms with Crippen LogP contribution in [-0.4, -0.2) is 24.2 Å². The Morgan fingerprint density at radius 2 is 1.80 bits per heavy atom. The third-order valence-electron chi connectivity index (χ3n) is 2.75. The Bertz CT molecular complexity index is 638. The first kappa shape index (κ1) is 15.1. The van der Waals surface area contributed by atoms with Crippen molar-refractivity contribution in [2.75, 3.05) is 14.2 Å². The van der Waals surface area contributed by atoms with Gasteiger partial charge in [0.2, 0.25) is 0 Å². The Labute approximate surface area is 130 Å². The molecule has 106 valence electrons. The molecule has 0 aliphatic heterocycles. The van der Waals surface area contributed by atoms with Gasteiger partial charge in [0, 0.05) is 19.8 Å². The van der Waals surface area contributed by atoms with Gasteiger partial charge in [0.05, 0.1) is 18.9 Å². The number of hydrogen-bond donors (Lipinski definition) is 1. The number of aromatic amines is 1. The van der Waals surface area contributed by atoms with Gasteiger partial charge in [0.1, 0.15) is 9.39 Å². The minimum Gasteiger partial charge on any atom is -0.380 e. The van der Waals surface area contributed by atoms with E-state index in [9.17, 15) is 4.79 Å². The van der Waals surface area contributed by atoms with Crippen LogP contribution >= 0.6 is 22.6 Å². The lowest BCUT2D eigenvalue weighted by atomic mass is 10.1. The maximum absolute atomic E-state index is 11.9. The second kappa shape index (κ2) is 6.96. The van der Waals surface area contributed by atoms with Crippen LogP contribution in [0.2, 0.25) is 0 Å². The van der Waals surface area contributed by atoms with Crippen LogP contribution in [-0.2, 0) is 22.7 Å². The molecule has 0 aliphatic rings. The molecule has 0 radical (unpaired) electrons. The van der Waals surface area contributed by atoms with E-state index in [0.717, 1.165) is 11.1 Å². The van der Waals surface area contributed by atoms with E-state index in [1.54, 1.807) is 14.2 Å². The number of aromatic nitrogens is 2. The number of benzene rings is 1. The third kappa shape index (κ3) is 3.44. The van der Waals surface area contributed by atoms with E-state index < -0.39 is 0 Å². The maximum Gasteiger partial charge on any atom is 0.264 e. The van der Waals surface area contributed by atoms with Crippen LogP contribution < -0.4 is 5.56 Å². The highest BCUT2D eigenvalue weighted by atomic mass is 127. The largest absolute Gasteiger partial charge is 0.380 e. The molecule has 1 heterocycles. The van der Waals surface area contributed by atoms with Crippen molar-refractivity contribution in [3.8, 4) is 11.4 Å². The number of methoxy groups -OCH3 is 2. The fraction of sp³-hybridized carbons (Fsp3) is 0.286. The van der Waals surface area contributed by atoms with Crippen molar-refractivity contribution in [1.29, 1.82) is 0 Å². The average Bonchev–Trinajstić information content (AvgIpc) is 2.45. The van der Waals surface area contributed by atoms with E-state index in [2.05, 4.69) is 9.97 Å². The lowest BCUT2D eigenvalue weighted by Crippen LogP contribution is -2.16. The van der Waals surface area contributed by atoms with E-state index in [1.165, 1.54) is 0 Å². The third-order valence-corrected chi connectivity index (χ3v) is 3.86. The van der Waals surface area contributed by atoms with Crippen LogP contribution in [0.5, 0.6) is 0 Å². The summed E-state index contributed by atoms with van der Waals surface area (Å²) in [5, 5.41) is 0. The lowest BCUT2D eigenvalue weighted by Gasteiger charge is -2.07. The SMILES string of the molecule is COCc1ccc(-c2nc(COC)c(I)c(=O)[nH]2)cc1. The molecule has 20 heavy (non-hydrogen) atoms. The topological polar surface area (TPSA) is 64.2 Å². The molecule has 0 bridgehead atoms. The van der Waals surface area contributed by atoms with Gasteiger partial charge in [-0.25, -0.2) is 4.98 Å². The first-order valence-electron chi connectivity index (χ1n) is 6.01. The van der Waals surface area contributed by atoms with Gasteiger partial charge in [-0.1, -0.05) is 24.3 Å². The summed E-state index contributed by atoms with van der Waals surface area (Å²) in [6.07, 6.45) is 0. The van der Waals surface area contributed by atoms with E-state index in [4.69, 9.17) is 9.47 Å². The summed E-state index contributed by atoms with van der Waals surface area (Å²) in [5.74, 6) is 0.548. The molecule has 0 atom stereocenters. The highest BCUT2D eigenvalue weighted by Crippen LogP contribution is 2.17. The van der Waals surface area contributed by atoms with Crippen LogP contribution in [0, 0.1) is 3.57 Å². The van der Waals surface area contributed by atoms with Crippen LogP contribution in [0.3, 0.4) is 0 Å². The molecule has 0 unspecified atom stereocenters. The Hall–Kier alpha value is -1.25. The normalized spacial score (nSPS) is 10.8. The molecule has 1 N–H and O–H groups in total. The highest BCUT2D eigenvalue weighted by molar-refractivity contribution is 14.1. The Balaban J connectivity index is 2.39. The molecule has 0 spiro atoms. The molecule has 1 aromatic carbocycles. The van der Waals surface area contributed by atoms with Crippen LogP contribution in [0.4, 0.5) is 0 Å². The molecule has 2 rings (SSSR count). The summed E-state index contributed by atoms with van der Waals surface area (Å²) in [6, 6.07) is 7.73. The highest BCUT2D eigenvalue weighted by Gasteiger charge is 2.10. The van der Waals surface area contributed by atoms with Crippen LogP contribution in [0.1, 0.15) is 11.3 Å². The molecule has 0 saturated carbocycles. The molecule has 0 fully saturated rings. The van der Waals surface area contributed by atoms with Crippen molar-refractivity contribution >= 4 is 22.6 Å². The molecule has 2 aromatic rings. The second-order valence-electron chi connectivity index (χ2n) is 4.24. The number of nitrogens with zero attached hydrogens (tertiary/aromatic N) is 1. The fourth-order valence-electron chi connectivity index (χ4n) is 1.80. The average molecular weight is 386 g/mol. The molecule has 0 saturated heterocycles. The number of ether oxygens (including phenoxy) is 2. The summed E-state index contributed by atoms with van der Waals surface area (Å²) in [6.45, 7) is 0.878. The quantitative estimate of drug-likeness (QED) is 0.802. The van der Waals surface area contributed by atoms with Gasteiger partial charge in [-0.15, -0.1) is 0 Å². The number of hydrogen-bond acceptors (Lipinski definition) is 4. The van der Waals surface area contributed by atoms with Crippen molar-refractivity contribution in [3.63, 3.8) is 0 Å². The van der Waals surface area contributed by atoms with Crippen molar-refractivity contribution in [2.45, 2.75) is 13.2 Å². The molecule has 1 aromatic heterocycles. The van der Waals surface area contributed by atoms with Gasteiger partial charge in [-0.05, 0) is 28.2 Å². The summed E-state index contributed by atoms with van der Waals surface area (Å²) in [7, 11) is 3.24. The molecule has 5 nitrogen and oxygen atoms in total. The van der Waals surface area contributed by atoms with E-state index in [0.29, 0.717) is 28.3 Å². The summed E-state index contributed by atoms with van der Waals surface area (Å²) >= 11 is 1.98. The standard InChI is InChI=1S/C14H15IN2O3/c1-19-7-9-3-5-10(6-4-9)13-16-11(8-20-2)12(15)14(18)17-13/h3-6H,7-8H2,1-2H3,(H,16,17,18). The minimum absolute atomic E-state index is 0.149.